The first-order valence-corrected chi connectivity index (χ1v) is 10.3. The van der Waals surface area contributed by atoms with Gasteiger partial charge in [-0.3, -0.25) is 0 Å². The molecule has 3 rings (SSSR count). The minimum atomic E-state index is -3.40. The number of aromatic nitrogens is 1. The summed E-state index contributed by atoms with van der Waals surface area (Å²) >= 11 is 5.52. The molecule has 2 N–H and O–H groups in total. The van der Waals surface area contributed by atoms with Crippen LogP contribution in [-0.2, 0) is 22.3 Å². The third-order valence-electron chi connectivity index (χ3n) is 3.99. The number of H-pyrrole nitrogens is 1. The minimum Gasteiger partial charge on any atom is -0.357 e. The van der Waals surface area contributed by atoms with Gasteiger partial charge in [-0.15, -0.1) is 0 Å². The lowest BCUT2D eigenvalue weighted by Gasteiger charge is -2.06. The molecule has 26 heavy (non-hydrogen) atoms. The van der Waals surface area contributed by atoms with Crippen molar-refractivity contribution in [3.05, 3.63) is 94.8 Å². The zero-order chi connectivity index (χ0) is 18.6. The first-order chi connectivity index (χ1) is 12.4. The molecule has 0 saturated heterocycles. The van der Waals surface area contributed by atoms with Crippen molar-refractivity contribution < 1.29 is 8.42 Å². The van der Waals surface area contributed by atoms with Gasteiger partial charge in [0, 0.05) is 5.69 Å². The number of rotatable bonds is 7. The van der Waals surface area contributed by atoms with Crippen molar-refractivity contribution in [3.8, 4) is 0 Å². The summed E-state index contributed by atoms with van der Waals surface area (Å²) in [6, 6.07) is 20.8. The highest BCUT2D eigenvalue weighted by Gasteiger charge is 2.12. The molecule has 0 bridgehead atoms. The van der Waals surface area contributed by atoms with E-state index < -0.39 is 10.0 Å². The van der Waals surface area contributed by atoms with Gasteiger partial charge in [0.25, 0.3) is 0 Å². The van der Waals surface area contributed by atoms with Crippen molar-refractivity contribution in [1.29, 1.82) is 0 Å². The normalized spacial score (nSPS) is 11.4. The topological polar surface area (TPSA) is 62.0 Å². The average Bonchev–Trinajstić information content (AvgIpc) is 3.10. The number of aryl methyl sites for hydroxylation is 1. The van der Waals surface area contributed by atoms with E-state index in [2.05, 4.69) is 9.71 Å². The van der Waals surface area contributed by atoms with Crippen molar-refractivity contribution in [1.82, 2.24) is 9.71 Å². The fraction of sp³-hybridized carbons (Fsp3) is 0.150. The fourth-order valence-corrected chi connectivity index (χ4v) is 3.93. The van der Waals surface area contributed by atoms with Gasteiger partial charge in [0.1, 0.15) is 0 Å². The van der Waals surface area contributed by atoms with Crippen LogP contribution in [0.25, 0.3) is 0 Å². The lowest BCUT2D eigenvalue weighted by molar-refractivity contribution is 0.579. The number of sulfonamides is 1. The summed E-state index contributed by atoms with van der Waals surface area (Å²) in [4.78, 5) is 3.91. The number of nitrogens with one attached hydrogen (secondary N) is 2. The van der Waals surface area contributed by atoms with Crippen LogP contribution in [0.1, 0.15) is 28.1 Å². The quantitative estimate of drug-likeness (QED) is 0.482. The van der Waals surface area contributed by atoms with Crippen molar-refractivity contribution in [3.63, 3.8) is 0 Å². The maximum Gasteiger partial charge on any atom is 0.216 e. The standard InChI is InChI=1S/C20H20N2O2S2/c1-15-7-9-17(10-8-15)20(25)19-12-11-18(22-19)13-21-26(23,24)14-16-5-3-2-4-6-16/h2-12,21-22H,13-14H2,1H3. The molecule has 0 aliphatic heterocycles. The Hall–Kier alpha value is -2.28. The largest absolute Gasteiger partial charge is 0.357 e. The average molecular weight is 385 g/mol. The molecule has 0 radical (unpaired) electrons. The maximum absolute atomic E-state index is 12.2. The second-order valence-electron chi connectivity index (χ2n) is 6.16. The van der Waals surface area contributed by atoms with Crippen LogP contribution in [0, 0.1) is 6.92 Å². The van der Waals surface area contributed by atoms with Gasteiger partial charge in [-0.2, -0.15) is 0 Å². The van der Waals surface area contributed by atoms with Crippen LogP contribution in [-0.4, -0.2) is 18.3 Å². The van der Waals surface area contributed by atoms with E-state index in [-0.39, 0.29) is 12.3 Å². The lowest BCUT2D eigenvalue weighted by Crippen LogP contribution is -2.24. The summed E-state index contributed by atoms with van der Waals surface area (Å²) in [6.45, 7) is 2.23. The molecule has 0 saturated carbocycles. The van der Waals surface area contributed by atoms with Crippen LogP contribution in [0.3, 0.4) is 0 Å². The van der Waals surface area contributed by atoms with Gasteiger partial charge in [0.2, 0.25) is 10.0 Å². The molecule has 4 nitrogen and oxygen atoms in total. The van der Waals surface area contributed by atoms with Gasteiger partial charge < -0.3 is 4.98 Å². The Kier molecular flexibility index (Phi) is 5.66. The molecule has 0 spiro atoms. The number of hydrogen-bond acceptors (Lipinski definition) is 3. The van der Waals surface area contributed by atoms with Gasteiger partial charge in [0.15, 0.2) is 0 Å². The lowest BCUT2D eigenvalue weighted by atomic mass is 10.1. The van der Waals surface area contributed by atoms with Crippen molar-refractivity contribution in [2.24, 2.45) is 0 Å². The Morgan fingerprint density at radius 2 is 1.69 bits per heavy atom. The Labute approximate surface area is 159 Å². The van der Waals surface area contributed by atoms with Crippen LogP contribution >= 0.6 is 12.2 Å². The van der Waals surface area contributed by atoms with Gasteiger partial charge in [-0.1, -0.05) is 72.4 Å². The Bertz CT molecular complexity index is 992. The van der Waals surface area contributed by atoms with E-state index in [1.54, 1.807) is 12.1 Å². The van der Waals surface area contributed by atoms with Crippen LogP contribution in [0.2, 0.25) is 0 Å². The molecule has 0 unspecified atom stereocenters. The third kappa shape index (κ3) is 4.88. The Morgan fingerprint density at radius 3 is 2.38 bits per heavy atom. The van der Waals surface area contributed by atoms with Crippen LogP contribution < -0.4 is 4.72 Å². The summed E-state index contributed by atoms with van der Waals surface area (Å²) in [5, 5.41) is 0. The second kappa shape index (κ2) is 7.95. The molecule has 0 aliphatic rings. The highest BCUT2D eigenvalue weighted by molar-refractivity contribution is 7.88. The molecule has 1 heterocycles. The Morgan fingerprint density at radius 1 is 1.00 bits per heavy atom. The molecule has 6 heteroatoms. The van der Waals surface area contributed by atoms with E-state index >= 15 is 0 Å². The van der Waals surface area contributed by atoms with Gasteiger partial charge in [-0.25, -0.2) is 13.1 Å². The van der Waals surface area contributed by atoms with E-state index in [1.807, 2.05) is 61.5 Å². The summed E-state index contributed by atoms with van der Waals surface area (Å²) in [7, 11) is -3.40. The molecule has 0 aliphatic carbocycles. The molecule has 2 aromatic carbocycles. The number of benzene rings is 2. The van der Waals surface area contributed by atoms with Crippen molar-refractivity contribution >= 4 is 27.1 Å². The summed E-state index contributed by atoms with van der Waals surface area (Å²) in [5.41, 5.74) is 4.47. The number of thiocarbonyl (C=S) groups is 1. The van der Waals surface area contributed by atoms with E-state index in [1.165, 1.54) is 5.56 Å². The smallest absolute Gasteiger partial charge is 0.216 e. The van der Waals surface area contributed by atoms with E-state index in [4.69, 9.17) is 12.2 Å². The Balaban J connectivity index is 1.63. The summed E-state index contributed by atoms with van der Waals surface area (Å²) in [6.07, 6.45) is 0. The molecular formula is C20H20N2O2S2. The first kappa shape index (κ1) is 18.5. The van der Waals surface area contributed by atoms with Crippen molar-refractivity contribution in [2.75, 3.05) is 0 Å². The fourth-order valence-electron chi connectivity index (χ4n) is 2.57. The third-order valence-corrected chi connectivity index (χ3v) is 5.74. The SMILES string of the molecule is Cc1ccc(C(=S)c2ccc(CNS(=O)(=O)Cc3ccccc3)[nH]2)cc1. The molecule has 1 aromatic heterocycles. The second-order valence-corrected chi connectivity index (χ2v) is 8.37. The summed E-state index contributed by atoms with van der Waals surface area (Å²) in [5.74, 6) is -0.0385. The highest BCUT2D eigenvalue weighted by atomic mass is 32.2. The number of aromatic amines is 1. The van der Waals surface area contributed by atoms with E-state index in [9.17, 15) is 8.42 Å². The van der Waals surface area contributed by atoms with Gasteiger partial charge >= 0.3 is 0 Å². The molecule has 3 aromatic rings. The predicted molar refractivity (Wildman–Crippen MR) is 109 cm³/mol. The minimum absolute atomic E-state index is 0.0385. The highest BCUT2D eigenvalue weighted by Crippen LogP contribution is 2.13. The van der Waals surface area contributed by atoms with Crippen LogP contribution in [0.5, 0.6) is 0 Å². The number of hydrogen-bond donors (Lipinski definition) is 2. The van der Waals surface area contributed by atoms with Crippen LogP contribution in [0.15, 0.2) is 66.7 Å². The van der Waals surface area contributed by atoms with E-state index in [0.29, 0.717) is 4.86 Å². The van der Waals surface area contributed by atoms with Gasteiger partial charge in [-0.05, 0) is 30.2 Å². The van der Waals surface area contributed by atoms with E-state index in [0.717, 1.165) is 22.5 Å². The molecule has 0 fully saturated rings. The molecule has 0 atom stereocenters. The zero-order valence-electron chi connectivity index (χ0n) is 14.4. The molecule has 0 amide bonds. The first-order valence-electron chi connectivity index (χ1n) is 8.23. The zero-order valence-corrected chi connectivity index (χ0v) is 16.0. The van der Waals surface area contributed by atoms with Gasteiger partial charge in [0.05, 0.1) is 22.9 Å². The monoisotopic (exact) mass is 384 g/mol. The van der Waals surface area contributed by atoms with Crippen LogP contribution in [0.4, 0.5) is 0 Å². The maximum atomic E-state index is 12.2. The predicted octanol–water partition coefficient (Wildman–Crippen LogP) is 3.71. The molecule has 134 valence electrons. The molecular weight excluding hydrogens is 364 g/mol. The summed E-state index contributed by atoms with van der Waals surface area (Å²) < 4.78 is 27.1. The van der Waals surface area contributed by atoms with Crippen molar-refractivity contribution in [2.45, 2.75) is 19.2 Å².